The number of nitrogens with two attached hydrogens (primary N) is 1. The van der Waals surface area contributed by atoms with Gasteiger partial charge in [0.1, 0.15) is 12.1 Å². The van der Waals surface area contributed by atoms with Gasteiger partial charge in [0.2, 0.25) is 17.7 Å². The zero-order valence-corrected chi connectivity index (χ0v) is 22.1. The average molecular weight is 556 g/mol. The molecule has 0 radical (unpaired) electrons. The van der Waals surface area contributed by atoms with Crippen molar-refractivity contribution >= 4 is 35.6 Å². The molecule has 13 heteroatoms. The van der Waals surface area contributed by atoms with Gasteiger partial charge in [0.25, 0.3) is 11.8 Å². The minimum atomic E-state index is -1.01. The van der Waals surface area contributed by atoms with Crippen LogP contribution in [0.15, 0.2) is 18.2 Å². The highest BCUT2D eigenvalue weighted by Gasteiger charge is 2.45. The largest absolute Gasteiger partial charge is 0.446 e. The number of rotatable bonds is 7. The monoisotopic (exact) mass is 555 g/mol. The highest BCUT2D eigenvalue weighted by atomic mass is 16.6. The molecule has 0 aliphatic carbocycles. The molecule has 0 saturated carbocycles. The maximum Gasteiger partial charge on any atom is 0.404 e. The van der Waals surface area contributed by atoms with E-state index in [0.717, 1.165) is 4.90 Å². The van der Waals surface area contributed by atoms with Crippen LogP contribution in [0.3, 0.4) is 0 Å². The number of morpholine rings is 1. The summed E-state index contributed by atoms with van der Waals surface area (Å²) in [5, 5.41) is 2.21. The van der Waals surface area contributed by atoms with Crippen molar-refractivity contribution in [1.29, 1.82) is 0 Å². The molecule has 13 nitrogen and oxygen atoms in total. The van der Waals surface area contributed by atoms with Crippen molar-refractivity contribution in [1.82, 2.24) is 20.0 Å². The zero-order chi connectivity index (χ0) is 28.4. The summed E-state index contributed by atoms with van der Waals surface area (Å²) < 4.78 is 10.9. The van der Waals surface area contributed by atoms with Gasteiger partial charge in [0, 0.05) is 58.4 Å². The molecule has 4 aliphatic heterocycles. The van der Waals surface area contributed by atoms with Gasteiger partial charge in [-0.05, 0) is 24.5 Å². The molecule has 0 spiro atoms. The quantitative estimate of drug-likeness (QED) is 0.445. The summed E-state index contributed by atoms with van der Waals surface area (Å²) >= 11 is 0. The van der Waals surface area contributed by atoms with Crippen LogP contribution in [0.25, 0.3) is 0 Å². The van der Waals surface area contributed by atoms with Gasteiger partial charge < -0.3 is 20.1 Å². The van der Waals surface area contributed by atoms with E-state index in [1.54, 1.807) is 23.1 Å². The molecular formula is C27H33N5O8. The third kappa shape index (κ3) is 5.85. The molecule has 3 fully saturated rings. The molecule has 0 bridgehead atoms. The molecular weight excluding hydrogens is 522 g/mol. The van der Waals surface area contributed by atoms with Crippen molar-refractivity contribution in [2.45, 2.75) is 63.3 Å². The summed E-state index contributed by atoms with van der Waals surface area (Å²) in [6.07, 6.45) is 0.946. The second-order valence-corrected chi connectivity index (χ2v) is 10.6. The van der Waals surface area contributed by atoms with Crippen molar-refractivity contribution in [3.63, 3.8) is 0 Å². The summed E-state index contributed by atoms with van der Waals surface area (Å²) in [5.41, 5.74) is 6.31. The number of benzene rings is 1. The molecule has 214 valence electrons. The number of hydrogen-bond acceptors (Lipinski definition) is 9. The summed E-state index contributed by atoms with van der Waals surface area (Å²) in [7, 11) is 0. The number of carbonyl (C=O) groups excluding carboxylic acids is 6. The molecule has 0 aromatic heterocycles. The normalized spacial score (nSPS) is 24.2. The summed E-state index contributed by atoms with van der Waals surface area (Å²) in [5.74, 6) is -2.08. The zero-order valence-electron chi connectivity index (χ0n) is 22.1. The van der Waals surface area contributed by atoms with Gasteiger partial charge in [-0.3, -0.25) is 39.1 Å². The van der Waals surface area contributed by atoms with E-state index in [1.807, 2.05) is 0 Å². The molecule has 2 atom stereocenters. The number of piperidine rings is 2. The van der Waals surface area contributed by atoms with Gasteiger partial charge in [-0.15, -0.1) is 0 Å². The average Bonchev–Trinajstić information content (AvgIpc) is 3.18. The summed E-state index contributed by atoms with van der Waals surface area (Å²) in [6, 6.07) is 4.10. The molecule has 1 aromatic rings. The highest BCUT2D eigenvalue weighted by molar-refractivity contribution is 6.24. The van der Waals surface area contributed by atoms with E-state index < -0.39 is 35.8 Å². The topological polar surface area (TPSA) is 169 Å². The molecule has 40 heavy (non-hydrogen) atoms. The summed E-state index contributed by atoms with van der Waals surface area (Å²) in [4.78, 5) is 79.0. The number of primary amides is 1. The number of fused-ring (bicyclic) bond motifs is 1. The van der Waals surface area contributed by atoms with Crippen LogP contribution in [0.5, 0.6) is 0 Å². The van der Waals surface area contributed by atoms with E-state index in [9.17, 15) is 28.8 Å². The second-order valence-electron chi connectivity index (χ2n) is 10.6. The smallest absolute Gasteiger partial charge is 0.404 e. The Morgan fingerprint density at radius 2 is 1.82 bits per heavy atom. The third-order valence-electron chi connectivity index (χ3n) is 7.93. The van der Waals surface area contributed by atoms with Crippen molar-refractivity contribution in [2.75, 3.05) is 32.8 Å². The standard InChI is InChI=1S/C27H33N5O8/c28-27(38)40-17-8-10-31(11-9-17)22(34)7-4-18-15-30(12-13-39-18)14-16-2-1-3-19-23(16)26(37)32(25(19)36)20-5-6-21(33)29-24(20)35/h1-3,17-18,20H,4-15H2,(H2,28,38)(H,29,33,35)/t18-,20?/m1/s1. The molecule has 3 saturated heterocycles. The molecule has 1 aromatic carbocycles. The molecule has 3 N–H and O–H groups in total. The third-order valence-corrected chi connectivity index (χ3v) is 7.93. The minimum absolute atomic E-state index is 0.0248. The molecule has 1 unspecified atom stereocenters. The van der Waals surface area contributed by atoms with Crippen molar-refractivity contribution in [3.8, 4) is 0 Å². The van der Waals surface area contributed by atoms with Crippen molar-refractivity contribution in [3.05, 3.63) is 34.9 Å². The van der Waals surface area contributed by atoms with Crippen LogP contribution in [-0.2, 0) is 30.4 Å². The molecule has 4 heterocycles. The van der Waals surface area contributed by atoms with E-state index in [0.29, 0.717) is 76.1 Å². The van der Waals surface area contributed by atoms with Gasteiger partial charge in [0.05, 0.1) is 23.8 Å². The lowest BCUT2D eigenvalue weighted by Gasteiger charge is -2.34. The number of ether oxygens (including phenoxy) is 2. The number of likely N-dealkylation sites (tertiary alicyclic amines) is 1. The maximum absolute atomic E-state index is 13.4. The van der Waals surface area contributed by atoms with E-state index >= 15 is 0 Å². The van der Waals surface area contributed by atoms with Gasteiger partial charge in [0.15, 0.2) is 0 Å². The first-order valence-corrected chi connectivity index (χ1v) is 13.6. The van der Waals surface area contributed by atoms with Crippen LogP contribution < -0.4 is 11.1 Å². The lowest BCUT2D eigenvalue weighted by molar-refractivity contribution is -0.136. The van der Waals surface area contributed by atoms with Crippen LogP contribution in [0.2, 0.25) is 0 Å². The Bertz CT molecular complexity index is 1230. The maximum atomic E-state index is 13.4. The number of carbonyl (C=O) groups is 6. The van der Waals surface area contributed by atoms with Crippen molar-refractivity contribution < 1.29 is 38.2 Å². The Morgan fingerprint density at radius 3 is 2.55 bits per heavy atom. The van der Waals surface area contributed by atoms with Crippen LogP contribution in [0, 0.1) is 0 Å². The molecule has 5 rings (SSSR count). The van der Waals surface area contributed by atoms with Gasteiger partial charge in [-0.1, -0.05) is 12.1 Å². The second kappa shape index (κ2) is 11.7. The van der Waals surface area contributed by atoms with Gasteiger partial charge in [-0.25, -0.2) is 4.79 Å². The van der Waals surface area contributed by atoms with Crippen molar-refractivity contribution in [2.24, 2.45) is 5.73 Å². The summed E-state index contributed by atoms with van der Waals surface area (Å²) in [6.45, 7) is 3.09. The van der Waals surface area contributed by atoms with E-state index in [-0.39, 0.29) is 36.5 Å². The van der Waals surface area contributed by atoms with Crippen LogP contribution in [0.4, 0.5) is 4.79 Å². The Hall–Kier alpha value is -3.84. The van der Waals surface area contributed by atoms with E-state index in [4.69, 9.17) is 15.2 Å². The number of nitrogens with zero attached hydrogens (tertiary/aromatic N) is 3. The first-order valence-electron chi connectivity index (χ1n) is 13.6. The van der Waals surface area contributed by atoms with Crippen LogP contribution in [-0.4, -0.2) is 101 Å². The Labute approximate surface area is 230 Å². The van der Waals surface area contributed by atoms with E-state index in [2.05, 4.69) is 10.2 Å². The lowest BCUT2D eigenvalue weighted by Crippen LogP contribution is -2.54. The minimum Gasteiger partial charge on any atom is -0.446 e. The van der Waals surface area contributed by atoms with Crippen LogP contribution in [0.1, 0.15) is 64.8 Å². The molecule has 4 aliphatic rings. The fraction of sp³-hybridized carbons (Fsp3) is 0.556. The number of amides is 6. The van der Waals surface area contributed by atoms with Crippen LogP contribution >= 0.6 is 0 Å². The van der Waals surface area contributed by atoms with E-state index in [1.165, 1.54) is 0 Å². The predicted molar refractivity (Wildman–Crippen MR) is 138 cm³/mol. The Kier molecular flexibility index (Phi) is 8.12. The molecule has 6 amide bonds. The first-order chi connectivity index (χ1) is 19.2. The fourth-order valence-electron chi connectivity index (χ4n) is 5.89. The van der Waals surface area contributed by atoms with Gasteiger partial charge in [-0.2, -0.15) is 0 Å². The predicted octanol–water partition coefficient (Wildman–Crippen LogP) is 0.155. The number of imide groups is 2. The number of nitrogens with one attached hydrogen (secondary N) is 1. The highest BCUT2D eigenvalue weighted by Crippen LogP contribution is 2.31. The Balaban J connectivity index is 1.17. The van der Waals surface area contributed by atoms with Gasteiger partial charge >= 0.3 is 6.09 Å². The fourth-order valence-corrected chi connectivity index (χ4v) is 5.89. The SMILES string of the molecule is NC(=O)OC1CCN(C(=O)CC[C@@H]2CN(Cc3cccc4c3C(=O)N(C3CCC(=O)NC3=O)C4=O)CCO2)CC1. The Morgan fingerprint density at radius 1 is 1.05 bits per heavy atom. The first kappa shape index (κ1) is 27.7. The lowest BCUT2D eigenvalue weighted by atomic mass is 10.0. The number of hydrogen-bond donors (Lipinski definition) is 2.